The molecule has 1 atom stereocenters. The molecule has 0 radical (unpaired) electrons. The minimum atomic E-state index is -1.30. The molecule has 0 spiro atoms. The fraction of sp³-hybridized carbons (Fsp3) is 0.727. The molecule has 7 nitrogen and oxygen atoms in total. The predicted octanol–water partition coefficient (Wildman–Crippen LogP) is 1.12. The second-order valence-electron chi connectivity index (χ2n) is 4.15. The van der Waals surface area contributed by atoms with Crippen LogP contribution in [0, 0.1) is 5.92 Å². The van der Waals surface area contributed by atoms with Crippen LogP contribution >= 0.6 is 0 Å². The van der Waals surface area contributed by atoms with E-state index in [9.17, 15) is 14.4 Å². The number of ether oxygens (including phenoxy) is 2. The van der Waals surface area contributed by atoms with E-state index in [2.05, 4.69) is 10.1 Å². The summed E-state index contributed by atoms with van der Waals surface area (Å²) in [7, 11) is 0. The van der Waals surface area contributed by atoms with Crippen molar-refractivity contribution in [2.75, 3.05) is 6.61 Å². The number of amides is 2. The maximum atomic E-state index is 10.1. The number of carbonyl (C=O) groups excluding carboxylic acids is 2. The van der Waals surface area contributed by atoms with Gasteiger partial charge in [-0.05, 0) is 12.8 Å². The van der Waals surface area contributed by atoms with Gasteiger partial charge in [0.2, 0.25) is 18.1 Å². The van der Waals surface area contributed by atoms with Crippen molar-refractivity contribution < 1.29 is 29.0 Å². The zero-order valence-electron chi connectivity index (χ0n) is 10.8. The van der Waals surface area contributed by atoms with Gasteiger partial charge in [-0.1, -0.05) is 13.8 Å². The van der Waals surface area contributed by atoms with Gasteiger partial charge in [0.1, 0.15) is 0 Å². The lowest BCUT2D eigenvalue weighted by molar-refractivity contribution is -0.124. The van der Waals surface area contributed by atoms with Crippen molar-refractivity contribution in [2.45, 2.75) is 39.9 Å². The molecule has 104 valence electrons. The molecule has 1 unspecified atom stereocenters. The minimum absolute atomic E-state index is 0.148. The molecule has 1 rings (SSSR count). The van der Waals surface area contributed by atoms with E-state index in [1.807, 2.05) is 13.8 Å². The Bertz CT molecular complexity index is 288. The minimum Gasteiger partial charge on any atom is -0.450 e. The standard InChI is InChI=1S/C7H14O4.C4H5NO2/c1-5(2)4-10-6(3)11-7(8)9;6-3-1-2-4(7)5-3/h5-6H,4H2,1-3H3,(H,8,9);1-2H2,(H,5,6,7). The van der Waals surface area contributed by atoms with E-state index in [-0.39, 0.29) is 11.8 Å². The van der Waals surface area contributed by atoms with Crippen molar-refractivity contribution in [3.05, 3.63) is 0 Å². The lowest BCUT2D eigenvalue weighted by Crippen LogP contribution is -2.18. The second kappa shape index (κ2) is 8.46. The molecule has 1 saturated heterocycles. The summed E-state index contributed by atoms with van der Waals surface area (Å²) >= 11 is 0. The normalized spacial score (nSPS) is 15.8. The summed E-state index contributed by atoms with van der Waals surface area (Å²) < 4.78 is 9.31. The molecule has 1 fully saturated rings. The largest absolute Gasteiger partial charge is 0.508 e. The van der Waals surface area contributed by atoms with Crippen LogP contribution in [0.15, 0.2) is 0 Å². The first-order valence-electron chi connectivity index (χ1n) is 5.65. The van der Waals surface area contributed by atoms with Crippen LogP contribution in [0.5, 0.6) is 0 Å². The Kier molecular flexibility index (Phi) is 7.69. The number of imide groups is 1. The Hall–Kier alpha value is -1.63. The molecule has 2 amide bonds. The molecule has 0 aromatic carbocycles. The highest BCUT2D eigenvalue weighted by atomic mass is 16.8. The second-order valence-corrected chi connectivity index (χ2v) is 4.15. The zero-order chi connectivity index (χ0) is 14.1. The van der Waals surface area contributed by atoms with Crippen molar-refractivity contribution >= 4 is 18.0 Å². The summed E-state index contributed by atoms with van der Waals surface area (Å²) in [5.41, 5.74) is 0. The Morgan fingerprint density at radius 1 is 1.28 bits per heavy atom. The predicted molar refractivity (Wildman–Crippen MR) is 61.7 cm³/mol. The third-order valence-corrected chi connectivity index (χ3v) is 1.79. The molecule has 0 aromatic rings. The Morgan fingerprint density at radius 3 is 2.06 bits per heavy atom. The van der Waals surface area contributed by atoms with E-state index in [1.54, 1.807) is 6.92 Å². The molecule has 1 aliphatic rings. The lowest BCUT2D eigenvalue weighted by Gasteiger charge is -2.12. The number of hydrogen-bond donors (Lipinski definition) is 2. The van der Waals surface area contributed by atoms with Gasteiger partial charge in [0.15, 0.2) is 0 Å². The third-order valence-electron chi connectivity index (χ3n) is 1.79. The first kappa shape index (κ1) is 16.4. The van der Waals surface area contributed by atoms with E-state index in [0.29, 0.717) is 25.4 Å². The molecule has 0 aromatic heterocycles. The van der Waals surface area contributed by atoms with Gasteiger partial charge in [0, 0.05) is 12.8 Å². The average Bonchev–Trinajstić information content (AvgIpc) is 2.59. The van der Waals surface area contributed by atoms with E-state index in [4.69, 9.17) is 9.84 Å². The molecule has 1 aliphatic heterocycles. The van der Waals surface area contributed by atoms with Gasteiger partial charge in [0.25, 0.3) is 0 Å². The van der Waals surface area contributed by atoms with Crippen LogP contribution in [0.25, 0.3) is 0 Å². The monoisotopic (exact) mass is 261 g/mol. The van der Waals surface area contributed by atoms with Crippen molar-refractivity contribution in [3.8, 4) is 0 Å². The van der Waals surface area contributed by atoms with Gasteiger partial charge in [-0.2, -0.15) is 0 Å². The van der Waals surface area contributed by atoms with E-state index in [1.165, 1.54) is 0 Å². The van der Waals surface area contributed by atoms with Crippen LogP contribution in [0.4, 0.5) is 4.79 Å². The summed E-state index contributed by atoms with van der Waals surface area (Å²) in [4.78, 5) is 30.2. The van der Waals surface area contributed by atoms with Gasteiger partial charge < -0.3 is 14.6 Å². The van der Waals surface area contributed by atoms with Crippen LogP contribution < -0.4 is 5.32 Å². The van der Waals surface area contributed by atoms with Gasteiger partial charge >= 0.3 is 6.16 Å². The van der Waals surface area contributed by atoms with Crippen molar-refractivity contribution in [2.24, 2.45) is 5.92 Å². The maximum absolute atomic E-state index is 10.1. The van der Waals surface area contributed by atoms with Gasteiger partial charge in [0.05, 0.1) is 6.61 Å². The average molecular weight is 261 g/mol. The van der Waals surface area contributed by atoms with Crippen LogP contribution in [0.3, 0.4) is 0 Å². The van der Waals surface area contributed by atoms with E-state index >= 15 is 0 Å². The molecule has 2 N–H and O–H groups in total. The molecular weight excluding hydrogens is 242 g/mol. The highest BCUT2D eigenvalue weighted by Gasteiger charge is 2.15. The number of hydrogen-bond acceptors (Lipinski definition) is 5. The number of nitrogens with one attached hydrogen (secondary N) is 1. The maximum Gasteiger partial charge on any atom is 0.508 e. The van der Waals surface area contributed by atoms with Crippen LogP contribution in [0.2, 0.25) is 0 Å². The number of carboxylic acid groups (broad SMARTS) is 1. The summed E-state index contributed by atoms with van der Waals surface area (Å²) in [6.45, 7) is 6.02. The Labute approximate surface area is 105 Å². The van der Waals surface area contributed by atoms with Crippen molar-refractivity contribution in [1.82, 2.24) is 5.32 Å². The fourth-order valence-electron chi connectivity index (χ4n) is 1.01. The zero-order valence-corrected chi connectivity index (χ0v) is 10.8. The summed E-state index contributed by atoms with van der Waals surface area (Å²) in [6.07, 6.45) is -1.23. The number of carbonyl (C=O) groups is 3. The summed E-state index contributed by atoms with van der Waals surface area (Å²) in [5, 5.41) is 10.3. The molecule has 0 bridgehead atoms. The Balaban J connectivity index is 0.000000351. The van der Waals surface area contributed by atoms with Gasteiger partial charge in [-0.15, -0.1) is 0 Å². The van der Waals surface area contributed by atoms with Crippen molar-refractivity contribution in [1.29, 1.82) is 0 Å². The quantitative estimate of drug-likeness (QED) is 0.446. The smallest absolute Gasteiger partial charge is 0.450 e. The van der Waals surface area contributed by atoms with Gasteiger partial charge in [-0.25, -0.2) is 4.79 Å². The molecule has 0 aliphatic carbocycles. The van der Waals surface area contributed by atoms with Crippen LogP contribution in [-0.4, -0.2) is 36.0 Å². The SMILES string of the molecule is CC(C)COC(C)OC(=O)O.O=C1CCC(=O)N1. The van der Waals surface area contributed by atoms with Gasteiger partial charge in [-0.3, -0.25) is 14.9 Å². The molecule has 7 heteroatoms. The summed E-state index contributed by atoms with van der Waals surface area (Å²) in [6, 6.07) is 0. The first-order valence-corrected chi connectivity index (χ1v) is 5.65. The lowest BCUT2D eigenvalue weighted by atomic mass is 10.2. The van der Waals surface area contributed by atoms with E-state index < -0.39 is 12.4 Å². The van der Waals surface area contributed by atoms with Crippen LogP contribution in [-0.2, 0) is 19.1 Å². The van der Waals surface area contributed by atoms with Crippen LogP contribution in [0.1, 0.15) is 33.6 Å². The molecule has 0 saturated carbocycles. The summed E-state index contributed by atoms with van der Waals surface area (Å²) in [5.74, 6) is 0.0878. The molecule has 18 heavy (non-hydrogen) atoms. The van der Waals surface area contributed by atoms with Crippen molar-refractivity contribution in [3.63, 3.8) is 0 Å². The number of rotatable bonds is 4. The highest BCUT2D eigenvalue weighted by Crippen LogP contribution is 1.99. The van der Waals surface area contributed by atoms with E-state index in [0.717, 1.165) is 0 Å². The fourth-order valence-corrected chi connectivity index (χ4v) is 1.01. The molecule has 1 heterocycles. The third kappa shape index (κ3) is 9.59. The Morgan fingerprint density at radius 2 is 1.78 bits per heavy atom. The molecular formula is C11H19NO6. The highest BCUT2D eigenvalue weighted by molar-refractivity contribution is 6.01. The topological polar surface area (TPSA) is 102 Å². The first-order chi connectivity index (χ1) is 8.31.